The highest BCUT2D eigenvalue weighted by Gasteiger charge is 2.56. The highest BCUT2D eigenvalue weighted by molar-refractivity contribution is 7.54. The van der Waals surface area contributed by atoms with Crippen molar-refractivity contribution in [2.45, 2.75) is 111 Å². The summed E-state index contributed by atoms with van der Waals surface area (Å²) in [6, 6.07) is 0. The van der Waals surface area contributed by atoms with E-state index in [-0.39, 0.29) is 42.1 Å². The maximum Gasteiger partial charge on any atom is 0.425 e. The van der Waals surface area contributed by atoms with Crippen LogP contribution < -0.4 is 4.90 Å². The van der Waals surface area contributed by atoms with Gasteiger partial charge in [0.25, 0.3) is 0 Å². The number of halogens is 1. The predicted molar refractivity (Wildman–Crippen MR) is 170 cm³/mol. The SMILES string of the molecule is CCOP(=O)(CC(=O)OC[C@H]1O[C@@H](n2cnc3c(N(C(=O)OC(C)(C)C)C(=O)OC(C)(C)C)nc(Cl)nc32)[C@H]2OC(C)(C)OC12)OCC. The number of ether oxygens (including phenoxy) is 6. The second-order valence-corrected chi connectivity index (χ2v) is 15.7. The van der Waals surface area contributed by atoms with Crippen LogP contribution in [-0.2, 0) is 46.8 Å². The first-order chi connectivity index (χ1) is 22.2. The molecular weight excluding hydrogens is 677 g/mol. The van der Waals surface area contributed by atoms with E-state index in [0.717, 1.165) is 0 Å². The Morgan fingerprint density at radius 2 is 1.54 bits per heavy atom. The Morgan fingerprint density at radius 3 is 2.08 bits per heavy atom. The molecule has 48 heavy (non-hydrogen) atoms. The highest BCUT2D eigenvalue weighted by atomic mass is 35.5. The Labute approximate surface area is 283 Å². The van der Waals surface area contributed by atoms with Gasteiger partial charge in [0.15, 0.2) is 29.0 Å². The van der Waals surface area contributed by atoms with Crippen molar-refractivity contribution >= 4 is 54.3 Å². The number of imide groups is 1. The summed E-state index contributed by atoms with van der Waals surface area (Å²) >= 11 is 6.35. The lowest BCUT2D eigenvalue weighted by molar-refractivity contribution is -0.201. The molecule has 268 valence electrons. The van der Waals surface area contributed by atoms with Crippen LogP contribution in [0, 0.1) is 0 Å². The van der Waals surface area contributed by atoms with Crippen molar-refractivity contribution in [3.8, 4) is 0 Å². The van der Waals surface area contributed by atoms with Gasteiger partial charge in [-0.1, -0.05) is 0 Å². The van der Waals surface area contributed by atoms with E-state index in [1.807, 2.05) is 0 Å². The van der Waals surface area contributed by atoms with Crippen LogP contribution in [0.1, 0.15) is 75.5 Å². The number of nitrogens with zero attached hydrogens (tertiary/aromatic N) is 5. The molecule has 2 amide bonds. The number of hydrogen-bond donors (Lipinski definition) is 0. The molecule has 4 heterocycles. The molecule has 0 spiro atoms. The number of fused-ring (bicyclic) bond motifs is 2. The lowest BCUT2D eigenvalue weighted by atomic mass is 10.1. The molecule has 17 nitrogen and oxygen atoms in total. The van der Waals surface area contributed by atoms with Crippen LogP contribution in [0.2, 0.25) is 5.28 Å². The van der Waals surface area contributed by atoms with Gasteiger partial charge in [-0.3, -0.25) is 13.9 Å². The Morgan fingerprint density at radius 1 is 0.979 bits per heavy atom. The summed E-state index contributed by atoms with van der Waals surface area (Å²) in [4.78, 5) is 52.9. The molecule has 0 aromatic carbocycles. The summed E-state index contributed by atoms with van der Waals surface area (Å²) in [5.41, 5.74) is -1.89. The number of imidazole rings is 1. The van der Waals surface area contributed by atoms with E-state index in [4.69, 9.17) is 49.1 Å². The summed E-state index contributed by atoms with van der Waals surface area (Å²) < 4.78 is 59.7. The molecule has 2 aromatic heterocycles. The molecule has 19 heteroatoms. The summed E-state index contributed by atoms with van der Waals surface area (Å²) in [6.45, 7) is 16.4. The third-order valence-electron chi connectivity index (χ3n) is 6.52. The van der Waals surface area contributed by atoms with Crippen LogP contribution in [0.4, 0.5) is 15.4 Å². The molecule has 0 bridgehead atoms. The average molecular weight is 720 g/mol. The minimum atomic E-state index is -3.69. The maximum atomic E-state index is 13.4. The second-order valence-electron chi connectivity index (χ2n) is 13.4. The minimum Gasteiger partial charge on any atom is -0.462 e. The smallest absolute Gasteiger partial charge is 0.425 e. The topological polar surface area (TPSA) is 189 Å². The van der Waals surface area contributed by atoms with Crippen molar-refractivity contribution in [3.05, 3.63) is 11.6 Å². The summed E-state index contributed by atoms with van der Waals surface area (Å²) in [7, 11) is -3.69. The number of anilines is 1. The summed E-state index contributed by atoms with van der Waals surface area (Å²) in [6.07, 6.45) is -4.67. The highest BCUT2D eigenvalue weighted by Crippen LogP contribution is 2.48. The van der Waals surface area contributed by atoms with Gasteiger partial charge in [-0.15, -0.1) is 0 Å². The van der Waals surface area contributed by atoms with Crippen LogP contribution >= 0.6 is 19.2 Å². The van der Waals surface area contributed by atoms with Gasteiger partial charge in [0, 0.05) is 0 Å². The number of amides is 2. The number of carbonyl (C=O) groups excluding carboxylic acids is 3. The van der Waals surface area contributed by atoms with Gasteiger partial charge >= 0.3 is 25.8 Å². The average Bonchev–Trinajstić information content (AvgIpc) is 3.56. The largest absolute Gasteiger partial charge is 0.462 e. The van der Waals surface area contributed by atoms with Crippen molar-refractivity contribution in [1.82, 2.24) is 19.5 Å². The zero-order valence-corrected chi connectivity index (χ0v) is 30.3. The van der Waals surface area contributed by atoms with Crippen LogP contribution in [-0.4, -0.2) is 99.0 Å². The molecule has 2 aromatic rings. The third kappa shape index (κ3) is 9.00. The van der Waals surface area contributed by atoms with Crippen LogP contribution in [0.15, 0.2) is 6.33 Å². The second kappa shape index (κ2) is 14.1. The fourth-order valence-corrected chi connectivity index (χ4v) is 6.61. The van der Waals surface area contributed by atoms with Gasteiger partial charge in [-0.05, 0) is 80.8 Å². The maximum absolute atomic E-state index is 13.4. The molecule has 0 aliphatic carbocycles. The van der Waals surface area contributed by atoms with Gasteiger partial charge < -0.3 is 37.5 Å². The first-order valence-corrected chi connectivity index (χ1v) is 17.5. The van der Waals surface area contributed by atoms with Crippen molar-refractivity contribution in [2.75, 3.05) is 30.9 Å². The summed E-state index contributed by atoms with van der Waals surface area (Å²) in [5.74, 6) is -2.15. The number of hydrogen-bond acceptors (Lipinski definition) is 15. The quantitative estimate of drug-likeness (QED) is 0.132. The van der Waals surface area contributed by atoms with Crippen LogP contribution in [0.3, 0.4) is 0 Å². The van der Waals surface area contributed by atoms with E-state index in [1.54, 1.807) is 69.2 Å². The zero-order valence-electron chi connectivity index (χ0n) is 28.7. The van der Waals surface area contributed by atoms with Crippen molar-refractivity contribution in [2.24, 2.45) is 0 Å². The van der Waals surface area contributed by atoms with E-state index < -0.39 is 73.4 Å². The van der Waals surface area contributed by atoms with Gasteiger partial charge in [0.1, 0.15) is 42.3 Å². The molecule has 0 radical (unpaired) electrons. The Kier molecular flexibility index (Phi) is 11.2. The molecule has 2 aliphatic rings. The number of rotatable bonds is 10. The first-order valence-electron chi connectivity index (χ1n) is 15.4. The Balaban J connectivity index is 1.67. The fraction of sp³-hybridized carbons (Fsp3) is 0.724. The molecule has 2 fully saturated rings. The van der Waals surface area contributed by atoms with E-state index >= 15 is 0 Å². The van der Waals surface area contributed by atoms with E-state index in [1.165, 1.54) is 10.9 Å². The van der Waals surface area contributed by atoms with E-state index in [9.17, 15) is 18.9 Å². The van der Waals surface area contributed by atoms with E-state index in [2.05, 4.69) is 15.0 Å². The van der Waals surface area contributed by atoms with Crippen LogP contribution in [0.25, 0.3) is 11.2 Å². The lowest BCUT2D eigenvalue weighted by Gasteiger charge is -2.28. The molecule has 2 saturated heterocycles. The zero-order chi connectivity index (χ0) is 35.8. The summed E-state index contributed by atoms with van der Waals surface area (Å²) in [5, 5.41) is -0.326. The molecule has 0 saturated carbocycles. The van der Waals surface area contributed by atoms with Crippen molar-refractivity contribution < 1.29 is 56.4 Å². The monoisotopic (exact) mass is 719 g/mol. The molecule has 2 aliphatic heterocycles. The standard InChI is InChI=1S/C29H43ClN5O12P/c1-11-41-48(39,42-12-2)14-17(36)40-13-16-19-20(45-29(9,10)44-19)23(43-16)34-15-31-18-21(34)32-24(30)33-22(18)35(25(37)46-27(3,4)5)26(38)47-28(6,7)8/h15-16,19-20,23H,11-14H2,1-10H3/t16-,19?,20+,23-/m1/s1. The van der Waals surface area contributed by atoms with E-state index in [0.29, 0.717) is 4.90 Å². The Bertz CT molecular complexity index is 1530. The van der Waals surface area contributed by atoms with Gasteiger partial charge in [-0.2, -0.15) is 14.9 Å². The van der Waals surface area contributed by atoms with Crippen molar-refractivity contribution in [1.29, 1.82) is 0 Å². The molecule has 0 N–H and O–H groups in total. The molecule has 4 rings (SSSR count). The molecule has 1 unspecified atom stereocenters. The van der Waals surface area contributed by atoms with Gasteiger partial charge in [0.05, 0.1) is 19.5 Å². The third-order valence-corrected chi connectivity index (χ3v) is 8.64. The number of aromatic nitrogens is 4. The fourth-order valence-electron chi connectivity index (χ4n) is 5.00. The predicted octanol–water partition coefficient (Wildman–Crippen LogP) is 5.38. The van der Waals surface area contributed by atoms with Crippen molar-refractivity contribution in [3.63, 3.8) is 0 Å². The van der Waals surface area contributed by atoms with Gasteiger partial charge in [-0.25, -0.2) is 14.6 Å². The normalized spacial score (nSPS) is 22.4. The van der Waals surface area contributed by atoms with Crippen LogP contribution in [0.5, 0.6) is 0 Å². The van der Waals surface area contributed by atoms with Gasteiger partial charge in [0.2, 0.25) is 5.28 Å². The lowest BCUT2D eigenvalue weighted by Crippen LogP contribution is -2.44. The number of carbonyl (C=O) groups is 3. The number of esters is 1. The Hall–Kier alpha value is -2.92. The molecule has 4 atom stereocenters. The minimum absolute atomic E-state index is 0.00748. The molecular formula is C29H43ClN5O12P. The first kappa shape index (κ1) is 37.9.